The van der Waals surface area contributed by atoms with Gasteiger partial charge in [-0.15, -0.1) is 0 Å². The van der Waals surface area contributed by atoms with Crippen LogP contribution in [0.15, 0.2) is 185 Å². The molecule has 56 heavy (non-hydrogen) atoms. The van der Waals surface area contributed by atoms with E-state index < -0.39 is 0 Å². The van der Waals surface area contributed by atoms with Gasteiger partial charge in [0.1, 0.15) is 22.3 Å². The van der Waals surface area contributed by atoms with Gasteiger partial charge in [-0.3, -0.25) is 0 Å². The molecule has 262 valence electrons. The van der Waals surface area contributed by atoms with Crippen LogP contribution in [-0.4, -0.2) is 24.9 Å². The van der Waals surface area contributed by atoms with Gasteiger partial charge in [0.15, 0.2) is 23.3 Å². The number of hydrogen-bond acceptors (Lipinski definition) is 7. The van der Waals surface area contributed by atoms with Crippen molar-refractivity contribution in [2.45, 2.75) is 0 Å². The summed E-state index contributed by atoms with van der Waals surface area (Å²) in [5.41, 5.74) is 11.0. The average Bonchev–Trinajstić information content (AvgIpc) is 3.84. The van der Waals surface area contributed by atoms with Gasteiger partial charge < -0.3 is 8.83 Å². The molecule has 0 N–H and O–H groups in total. The third-order valence-electron chi connectivity index (χ3n) is 10.2. The summed E-state index contributed by atoms with van der Waals surface area (Å²) in [6.45, 7) is 0. The van der Waals surface area contributed by atoms with Crippen LogP contribution in [-0.2, 0) is 0 Å². The highest BCUT2D eigenvalue weighted by Crippen LogP contribution is 2.38. The van der Waals surface area contributed by atoms with E-state index in [0.29, 0.717) is 23.3 Å². The highest BCUT2D eigenvalue weighted by atomic mass is 16.3. The quantitative estimate of drug-likeness (QED) is 0.169. The molecule has 11 rings (SSSR count). The van der Waals surface area contributed by atoms with Crippen LogP contribution < -0.4 is 0 Å². The largest absolute Gasteiger partial charge is 0.456 e. The first kappa shape index (κ1) is 31.7. The summed E-state index contributed by atoms with van der Waals surface area (Å²) in [6, 6.07) is 55.5. The fourth-order valence-electron chi connectivity index (χ4n) is 7.50. The standard InChI is InChI=1S/C49H29N5O2/c1-2-10-30(11-3-1)47-52-48(34-13-8-12-33(24-34)46-50-22-9-23-51-46)54-49(53-47)37-26-35(31-18-20-44-40(28-31)38-14-4-6-16-42(38)55-44)25-36(27-37)32-19-21-45-41(29-32)39-15-5-7-17-43(39)56-45/h1-29H. The Balaban J connectivity index is 1.13. The van der Waals surface area contributed by atoms with Crippen LogP contribution in [0.3, 0.4) is 0 Å². The fraction of sp³-hybridized carbons (Fsp3) is 0. The van der Waals surface area contributed by atoms with Gasteiger partial charge >= 0.3 is 0 Å². The van der Waals surface area contributed by atoms with E-state index in [1.165, 1.54) is 0 Å². The van der Waals surface area contributed by atoms with Crippen LogP contribution in [0, 0.1) is 0 Å². The Labute approximate surface area is 320 Å². The molecule has 0 saturated carbocycles. The summed E-state index contributed by atoms with van der Waals surface area (Å²) in [5.74, 6) is 2.32. The first-order valence-corrected chi connectivity index (χ1v) is 18.4. The zero-order valence-corrected chi connectivity index (χ0v) is 29.8. The predicted octanol–water partition coefficient (Wildman–Crippen LogP) is 12.5. The van der Waals surface area contributed by atoms with Gasteiger partial charge in [-0.1, -0.05) is 97.1 Å². The molecule has 4 heterocycles. The van der Waals surface area contributed by atoms with Gasteiger partial charge in [-0.25, -0.2) is 24.9 Å². The average molecular weight is 720 g/mol. The molecule has 0 atom stereocenters. The molecular formula is C49H29N5O2. The summed E-state index contributed by atoms with van der Waals surface area (Å²) in [5, 5.41) is 4.28. The van der Waals surface area contributed by atoms with Gasteiger partial charge in [0.25, 0.3) is 0 Å². The van der Waals surface area contributed by atoms with Crippen molar-refractivity contribution in [3.63, 3.8) is 0 Å². The maximum absolute atomic E-state index is 6.20. The highest BCUT2D eigenvalue weighted by molar-refractivity contribution is 6.07. The molecule has 0 spiro atoms. The topological polar surface area (TPSA) is 90.7 Å². The van der Waals surface area contributed by atoms with E-state index in [1.54, 1.807) is 12.4 Å². The summed E-state index contributed by atoms with van der Waals surface area (Å²) in [7, 11) is 0. The van der Waals surface area contributed by atoms with Crippen molar-refractivity contribution in [1.29, 1.82) is 0 Å². The van der Waals surface area contributed by atoms with Gasteiger partial charge in [-0.05, 0) is 89.0 Å². The summed E-state index contributed by atoms with van der Waals surface area (Å²) in [4.78, 5) is 24.3. The summed E-state index contributed by atoms with van der Waals surface area (Å²) >= 11 is 0. The molecule has 0 aliphatic carbocycles. The Bertz CT molecular complexity index is 3130. The Morgan fingerprint density at radius 3 is 1.32 bits per heavy atom. The van der Waals surface area contributed by atoms with E-state index in [4.69, 9.17) is 23.8 Å². The molecule has 0 radical (unpaired) electrons. The zero-order chi connectivity index (χ0) is 37.0. The highest BCUT2D eigenvalue weighted by Gasteiger charge is 2.17. The molecule has 0 saturated heterocycles. The molecular weight excluding hydrogens is 691 g/mol. The molecule has 7 nitrogen and oxygen atoms in total. The van der Waals surface area contributed by atoms with E-state index in [-0.39, 0.29) is 0 Å². The Kier molecular flexibility index (Phi) is 7.35. The monoisotopic (exact) mass is 719 g/mol. The number of para-hydroxylation sites is 2. The lowest BCUT2D eigenvalue weighted by Crippen LogP contribution is -2.01. The molecule has 11 aromatic rings. The van der Waals surface area contributed by atoms with Gasteiger partial charge in [0, 0.05) is 56.2 Å². The van der Waals surface area contributed by atoms with Crippen LogP contribution in [0.25, 0.3) is 112 Å². The SMILES string of the molecule is c1ccc(-c2nc(-c3cc(-c4ccc5oc6ccccc6c5c4)cc(-c4ccc5oc6ccccc6c5c4)c3)nc(-c3cccc(-c4ncccn4)c3)n2)cc1. The van der Waals surface area contributed by atoms with Crippen molar-refractivity contribution in [2.75, 3.05) is 0 Å². The van der Waals surface area contributed by atoms with Gasteiger partial charge in [-0.2, -0.15) is 0 Å². The second-order valence-corrected chi connectivity index (χ2v) is 13.7. The van der Waals surface area contributed by atoms with Crippen LogP contribution in [0.4, 0.5) is 0 Å². The number of nitrogens with zero attached hydrogens (tertiary/aromatic N) is 5. The minimum absolute atomic E-state index is 0.552. The molecule has 7 aromatic carbocycles. The Morgan fingerprint density at radius 2 is 0.714 bits per heavy atom. The molecule has 0 aliphatic rings. The molecule has 0 unspecified atom stereocenters. The first-order valence-electron chi connectivity index (χ1n) is 18.4. The number of rotatable bonds is 6. The lowest BCUT2D eigenvalue weighted by molar-refractivity contribution is 0.668. The van der Waals surface area contributed by atoms with E-state index in [0.717, 1.165) is 88.4 Å². The van der Waals surface area contributed by atoms with E-state index in [1.807, 2.05) is 97.1 Å². The van der Waals surface area contributed by atoms with Crippen molar-refractivity contribution in [1.82, 2.24) is 24.9 Å². The molecule has 0 fully saturated rings. The third kappa shape index (κ3) is 5.58. The van der Waals surface area contributed by atoms with Crippen molar-refractivity contribution in [3.05, 3.63) is 176 Å². The zero-order valence-electron chi connectivity index (χ0n) is 29.8. The second kappa shape index (κ2) is 13.0. The Morgan fingerprint density at radius 1 is 0.268 bits per heavy atom. The first-order chi connectivity index (χ1) is 27.7. The summed E-state index contributed by atoms with van der Waals surface area (Å²) < 4.78 is 12.4. The molecule has 0 bridgehead atoms. The number of fused-ring (bicyclic) bond motifs is 6. The van der Waals surface area contributed by atoms with E-state index in [9.17, 15) is 0 Å². The predicted molar refractivity (Wildman–Crippen MR) is 223 cm³/mol. The smallest absolute Gasteiger partial charge is 0.164 e. The maximum atomic E-state index is 6.20. The molecule has 4 aromatic heterocycles. The minimum Gasteiger partial charge on any atom is -0.456 e. The number of aromatic nitrogens is 5. The van der Waals surface area contributed by atoms with Gasteiger partial charge in [0.2, 0.25) is 0 Å². The lowest BCUT2D eigenvalue weighted by atomic mass is 9.94. The normalized spacial score (nSPS) is 11.6. The lowest BCUT2D eigenvalue weighted by Gasteiger charge is -2.13. The van der Waals surface area contributed by atoms with Crippen molar-refractivity contribution < 1.29 is 8.83 Å². The van der Waals surface area contributed by atoms with Crippen LogP contribution in [0.1, 0.15) is 0 Å². The molecule has 0 amide bonds. The van der Waals surface area contributed by atoms with Crippen LogP contribution in [0.5, 0.6) is 0 Å². The van der Waals surface area contributed by atoms with Crippen LogP contribution in [0.2, 0.25) is 0 Å². The third-order valence-corrected chi connectivity index (χ3v) is 10.2. The molecule has 0 aliphatic heterocycles. The fourth-order valence-corrected chi connectivity index (χ4v) is 7.50. The van der Waals surface area contributed by atoms with E-state index >= 15 is 0 Å². The Hall–Kier alpha value is -7.77. The van der Waals surface area contributed by atoms with Crippen molar-refractivity contribution in [2.24, 2.45) is 0 Å². The maximum Gasteiger partial charge on any atom is 0.164 e. The molecule has 7 heteroatoms. The van der Waals surface area contributed by atoms with Crippen molar-refractivity contribution in [3.8, 4) is 67.8 Å². The second-order valence-electron chi connectivity index (χ2n) is 13.7. The summed E-state index contributed by atoms with van der Waals surface area (Å²) in [6.07, 6.45) is 3.49. The number of hydrogen-bond donors (Lipinski definition) is 0. The minimum atomic E-state index is 0.552. The number of benzene rings is 7. The van der Waals surface area contributed by atoms with Crippen LogP contribution >= 0.6 is 0 Å². The van der Waals surface area contributed by atoms with E-state index in [2.05, 4.69) is 76.7 Å². The van der Waals surface area contributed by atoms with Gasteiger partial charge in [0.05, 0.1) is 0 Å². The van der Waals surface area contributed by atoms with Crippen molar-refractivity contribution >= 4 is 43.9 Å². The number of furan rings is 2.